The molecule has 0 spiro atoms. The average Bonchev–Trinajstić information content (AvgIpc) is 1.73. The fourth-order valence-electron chi connectivity index (χ4n) is 11.1. The third-order valence-corrected chi connectivity index (χ3v) is 16.7. The molecule has 109 heavy (non-hydrogen) atoms. The minimum absolute atomic E-state index is 0. The summed E-state index contributed by atoms with van der Waals surface area (Å²) in [6.07, 6.45) is 13.7. The van der Waals surface area contributed by atoms with E-state index in [2.05, 4.69) is 144 Å². The van der Waals surface area contributed by atoms with Gasteiger partial charge in [-0.25, -0.2) is 11.3 Å². The van der Waals surface area contributed by atoms with Crippen molar-refractivity contribution in [1.82, 2.24) is 29.9 Å². The number of amidine groups is 1. The first-order valence-corrected chi connectivity index (χ1v) is 34.6. The van der Waals surface area contributed by atoms with Gasteiger partial charge in [0, 0.05) is 109 Å². The smallest absolute Gasteiger partial charge is 0.512 e. The molecule has 18 rings (SSSR count). The summed E-state index contributed by atoms with van der Waals surface area (Å²) in [5.74, 6) is 0.835. The Morgan fingerprint density at radius 3 is 1.25 bits per heavy atom. The van der Waals surface area contributed by atoms with Crippen LogP contribution in [0.15, 0.2) is 375 Å². The number of nitrogens with zero attached hydrogens (tertiary/aromatic N) is 9. The van der Waals surface area contributed by atoms with Gasteiger partial charge in [-0.05, 0) is 140 Å². The summed E-state index contributed by atoms with van der Waals surface area (Å²) in [5.41, 5.74) is 12.1. The van der Waals surface area contributed by atoms with Crippen molar-refractivity contribution in [1.29, 1.82) is 0 Å². The predicted molar refractivity (Wildman–Crippen MR) is 429 cm³/mol. The molecule has 10 aromatic carbocycles. The summed E-state index contributed by atoms with van der Waals surface area (Å²) >= 11 is 1.67. The molecule has 0 saturated carbocycles. The largest absolute Gasteiger partial charge is 3.00 e. The number of fused-ring (bicyclic) bond motifs is 4. The van der Waals surface area contributed by atoms with Crippen LogP contribution in [0.3, 0.4) is 0 Å². The van der Waals surface area contributed by atoms with Crippen LogP contribution in [0.5, 0.6) is 0 Å². The van der Waals surface area contributed by atoms with E-state index in [1.807, 2.05) is 278 Å². The number of aliphatic hydroxyl groups is 1. The number of aromatic nitrogens is 6. The van der Waals surface area contributed by atoms with Crippen LogP contribution in [0.1, 0.15) is 19.4 Å². The van der Waals surface area contributed by atoms with Gasteiger partial charge in [-0.2, -0.15) is 53.1 Å². The molecule has 0 aliphatic carbocycles. The van der Waals surface area contributed by atoms with Crippen LogP contribution < -0.4 is 9.91 Å². The summed E-state index contributed by atoms with van der Waals surface area (Å²) in [5, 5.41) is 26.6. The molecule has 1 aliphatic heterocycles. The number of ketones is 1. The number of pyridine rings is 6. The SMILES string of the molecule is CC(=O)C=C(C)O.[Ir+3].[Ir].[Ir].[Ir].[c-]1ccccc1-c1ccccn1.[c-]1ccccc1-c1nccc2ccccc12.[c-]1ccccc1-c1nccc2ccccc12.[c-]1ccccc1N1[CH-]N(c2ccccc2)C(c2ccccc2)=N1.[c-]1ccsc1-c1nccc2ccccc12.[c-]1cnccc1-c1nccc2ccccc12. The Balaban J connectivity index is 0.000000162. The molecule has 8 heterocycles. The van der Waals surface area contributed by atoms with Crippen LogP contribution in [-0.4, -0.2) is 46.6 Å². The maximum atomic E-state index is 10.0. The summed E-state index contributed by atoms with van der Waals surface area (Å²) in [4.78, 5) is 39.1. The molecule has 16 heteroatoms. The van der Waals surface area contributed by atoms with Gasteiger partial charge in [0.1, 0.15) is 5.84 Å². The summed E-state index contributed by atoms with van der Waals surface area (Å²) in [7, 11) is 0. The van der Waals surface area contributed by atoms with Crippen molar-refractivity contribution in [3.8, 4) is 55.6 Å². The normalized spacial score (nSPS) is 10.8. The fourth-order valence-corrected chi connectivity index (χ4v) is 11.8. The van der Waals surface area contributed by atoms with Crippen LogP contribution in [0, 0.1) is 43.1 Å². The van der Waals surface area contributed by atoms with Crippen molar-refractivity contribution in [2.45, 2.75) is 13.8 Å². The monoisotopic (exact) mass is 2150 g/mol. The molecule has 1 aliphatic rings. The van der Waals surface area contributed by atoms with E-state index in [9.17, 15) is 4.79 Å². The number of carbonyl (C=O) groups is 1. The van der Waals surface area contributed by atoms with E-state index >= 15 is 0 Å². The molecule has 543 valence electrons. The molecule has 3 radical (unpaired) electrons. The molecular weight excluding hydrogens is 2080 g/mol. The van der Waals surface area contributed by atoms with Crippen molar-refractivity contribution < 1.29 is 90.3 Å². The van der Waals surface area contributed by atoms with Gasteiger partial charge in [0.2, 0.25) is 0 Å². The zero-order valence-corrected chi connectivity index (χ0v) is 69.2. The molecular formula is C93H68Ir4N9O2S-4. The number of aliphatic hydroxyl groups excluding tert-OH is 1. The van der Waals surface area contributed by atoms with Crippen molar-refractivity contribution >= 4 is 77.4 Å². The third-order valence-electron chi connectivity index (χ3n) is 15.9. The van der Waals surface area contributed by atoms with E-state index in [4.69, 9.17) is 10.2 Å². The Kier molecular flexibility index (Phi) is 33.9. The van der Waals surface area contributed by atoms with Gasteiger partial charge in [0.05, 0.1) is 5.76 Å². The Morgan fingerprint density at radius 1 is 0.404 bits per heavy atom. The number of anilines is 2. The first kappa shape index (κ1) is 83.6. The number of benzene rings is 10. The Labute approximate surface area is 694 Å². The molecule has 17 aromatic rings. The number of carbonyl (C=O) groups excluding carboxylic acids is 1. The van der Waals surface area contributed by atoms with Crippen LogP contribution in [0.2, 0.25) is 0 Å². The number of rotatable bonds is 9. The van der Waals surface area contributed by atoms with E-state index in [-0.39, 0.29) is 92.0 Å². The van der Waals surface area contributed by atoms with Crippen molar-refractivity contribution in [2.24, 2.45) is 5.10 Å². The molecule has 0 fully saturated rings. The first-order valence-electron chi connectivity index (χ1n) is 33.7. The zero-order valence-electron chi connectivity index (χ0n) is 58.8. The molecule has 11 nitrogen and oxygen atoms in total. The molecule has 0 bridgehead atoms. The molecule has 0 amide bonds. The minimum Gasteiger partial charge on any atom is -0.512 e. The average molecular weight is 2140 g/mol. The molecule has 0 unspecified atom stereocenters. The van der Waals surface area contributed by atoms with E-state index in [0.717, 1.165) is 83.8 Å². The van der Waals surface area contributed by atoms with Gasteiger partial charge in [-0.3, -0.25) is 9.78 Å². The van der Waals surface area contributed by atoms with Crippen LogP contribution >= 0.6 is 11.3 Å². The second kappa shape index (κ2) is 44.3. The Morgan fingerprint density at radius 2 is 0.835 bits per heavy atom. The Bertz CT molecular complexity index is 5260. The number of para-hydroxylation sites is 2. The van der Waals surface area contributed by atoms with Crippen molar-refractivity contribution in [3.63, 3.8) is 0 Å². The molecule has 7 aromatic heterocycles. The summed E-state index contributed by atoms with van der Waals surface area (Å²) < 4.78 is 0. The van der Waals surface area contributed by atoms with Gasteiger partial charge in [-0.15, -0.1) is 132 Å². The fraction of sp³-hybridized carbons (Fsp3) is 0.0215. The number of allylic oxidation sites excluding steroid dienone is 2. The summed E-state index contributed by atoms with van der Waals surface area (Å²) in [6.45, 7) is 4.84. The molecule has 0 saturated heterocycles. The van der Waals surface area contributed by atoms with Gasteiger partial charge in [0.25, 0.3) is 0 Å². The van der Waals surface area contributed by atoms with Crippen molar-refractivity contribution in [3.05, 3.63) is 419 Å². The second-order valence-corrected chi connectivity index (χ2v) is 24.1. The van der Waals surface area contributed by atoms with Crippen LogP contribution in [0.4, 0.5) is 11.4 Å². The molecule has 0 atom stereocenters. The maximum absolute atomic E-state index is 10.0. The van der Waals surface area contributed by atoms with Gasteiger partial charge in [-0.1, -0.05) is 168 Å². The van der Waals surface area contributed by atoms with Crippen LogP contribution in [-0.2, 0) is 85.2 Å². The van der Waals surface area contributed by atoms with Gasteiger partial charge in [0.15, 0.2) is 5.78 Å². The number of thiophene rings is 1. The Hall–Kier alpha value is -11.1. The maximum Gasteiger partial charge on any atom is 3.00 e. The number of hydrazone groups is 1. The first-order chi connectivity index (χ1) is 51.8. The quantitative estimate of drug-likeness (QED) is 0.0846. The predicted octanol–water partition coefficient (Wildman–Crippen LogP) is 22.1. The molecule has 1 N–H and O–H groups in total. The van der Waals surface area contributed by atoms with Gasteiger partial charge < -0.3 is 39.9 Å². The standard InChI is InChI=1S/C20H15N3.2C15H10N.C14H9N2.C13H8NS.C11H8N.C5H8O2.4Ir/c1-4-10-17(11-5-1)20-21-23(19-14-8-3-9-15-19)16-22(20)18-12-6-2-7-13-18;2*1-2-7-13(8-3-1)15-14-9-5-4-6-12(14)10-11-16-15;1-2-4-13-11(3-1)7-10-16-14(13)12-5-8-15-9-6-12;1-2-5-11-10(4-1)7-8-14-13(11)12-6-3-9-15-12;1-2-6-10(7-3-1)11-8-4-5-9-12-11;1-4(6)3-5(2)7;;;;/h1-14,16H;2*1-7,9-11H;1-5,7-10H;1-5,7-9H;1-6,8-9H;3,6H,1-2H3;;;;/q-2;5*-1;;;;;+3. The number of hydrogen-bond donors (Lipinski definition) is 1. The zero-order chi connectivity index (χ0) is 72.0. The second-order valence-electron chi connectivity index (χ2n) is 23.2. The minimum atomic E-state index is -0.125. The van der Waals surface area contributed by atoms with Crippen molar-refractivity contribution in [2.75, 3.05) is 9.91 Å². The van der Waals surface area contributed by atoms with E-state index in [0.29, 0.717) is 0 Å². The van der Waals surface area contributed by atoms with Crippen LogP contribution in [0.25, 0.3) is 98.7 Å². The van der Waals surface area contributed by atoms with E-state index in [1.165, 1.54) is 57.6 Å². The number of hydrogen-bond acceptors (Lipinski definition) is 12. The van der Waals surface area contributed by atoms with E-state index < -0.39 is 0 Å². The van der Waals surface area contributed by atoms with E-state index in [1.54, 1.807) is 29.9 Å². The van der Waals surface area contributed by atoms with Gasteiger partial charge >= 0.3 is 20.1 Å². The topological polar surface area (TPSA) is 133 Å². The third kappa shape index (κ3) is 23.7. The summed E-state index contributed by atoms with van der Waals surface area (Å²) in [6, 6.07) is 122.